The van der Waals surface area contributed by atoms with Crippen LogP contribution in [0.2, 0.25) is 0 Å². The normalized spacial score (nSPS) is 23.8. The molecule has 0 aromatic carbocycles. The fourth-order valence-electron chi connectivity index (χ4n) is 2.01. The summed E-state index contributed by atoms with van der Waals surface area (Å²) in [5.41, 5.74) is 6.11. The second kappa shape index (κ2) is 4.60. The summed E-state index contributed by atoms with van der Waals surface area (Å²) in [6.45, 7) is 14.7. The number of rotatable bonds is 2. The van der Waals surface area contributed by atoms with Gasteiger partial charge in [-0.25, -0.2) is 0 Å². The molecule has 0 aromatic rings. The molecule has 1 atom stereocenters. The molecule has 1 saturated heterocycles. The van der Waals surface area contributed by atoms with Gasteiger partial charge in [-0.2, -0.15) is 0 Å². The van der Waals surface area contributed by atoms with Gasteiger partial charge in [-0.1, -0.05) is 0 Å². The predicted molar refractivity (Wildman–Crippen MR) is 61.4 cm³/mol. The number of hydrogen-bond donors (Lipinski definition) is 1. The Morgan fingerprint density at radius 3 is 2.00 bits per heavy atom. The lowest BCUT2D eigenvalue weighted by molar-refractivity contribution is 0.0606. The van der Waals surface area contributed by atoms with Crippen LogP contribution in [0.15, 0.2) is 0 Å². The fourth-order valence-corrected chi connectivity index (χ4v) is 2.01. The van der Waals surface area contributed by atoms with Crippen molar-refractivity contribution >= 4 is 0 Å². The van der Waals surface area contributed by atoms with Crippen LogP contribution in [0, 0.1) is 0 Å². The van der Waals surface area contributed by atoms with Crippen molar-refractivity contribution in [1.82, 2.24) is 9.80 Å². The van der Waals surface area contributed by atoms with Crippen LogP contribution in [0.25, 0.3) is 0 Å². The van der Waals surface area contributed by atoms with Crippen molar-refractivity contribution < 1.29 is 0 Å². The third kappa shape index (κ3) is 3.56. The minimum atomic E-state index is 0.302. The quantitative estimate of drug-likeness (QED) is 0.712. The Bertz CT molecular complexity index is 164. The molecule has 0 spiro atoms. The van der Waals surface area contributed by atoms with Gasteiger partial charge in [-0.3, -0.25) is 9.80 Å². The topological polar surface area (TPSA) is 32.5 Å². The summed E-state index contributed by atoms with van der Waals surface area (Å²) in [7, 11) is 0. The van der Waals surface area contributed by atoms with Gasteiger partial charge in [0.15, 0.2) is 0 Å². The van der Waals surface area contributed by atoms with Gasteiger partial charge in [0.25, 0.3) is 0 Å². The van der Waals surface area contributed by atoms with Gasteiger partial charge in [0, 0.05) is 44.3 Å². The van der Waals surface area contributed by atoms with Crippen LogP contribution in [0.1, 0.15) is 27.7 Å². The van der Waals surface area contributed by atoms with Crippen molar-refractivity contribution in [2.24, 2.45) is 5.73 Å². The molecule has 0 unspecified atom stereocenters. The summed E-state index contributed by atoms with van der Waals surface area (Å²) in [5, 5.41) is 0. The van der Waals surface area contributed by atoms with Crippen LogP contribution >= 0.6 is 0 Å². The molecule has 0 radical (unpaired) electrons. The number of nitrogens with two attached hydrogens (primary N) is 1. The van der Waals surface area contributed by atoms with Gasteiger partial charge in [-0.05, 0) is 27.7 Å². The molecule has 3 nitrogen and oxygen atoms in total. The highest BCUT2D eigenvalue weighted by Crippen LogP contribution is 2.15. The minimum absolute atomic E-state index is 0.302. The Kier molecular flexibility index (Phi) is 3.93. The molecular formula is C11H25N3. The third-order valence-corrected chi connectivity index (χ3v) is 2.87. The van der Waals surface area contributed by atoms with Gasteiger partial charge in [0.2, 0.25) is 0 Å². The van der Waals surface area contributed by atoms with Crippen molar-refractivity contribution in [3.05, 3.63) is 0 Å². The smallest absolute Gasteiger partial charge is 0.0139 e. The molecule has 0 aliphatic carbocycles. The lowest BCUT2D eigenvalue weighted by atomic mass is 10.0. The first-order valence-corrected chi connectivity index (χ1v) is 5.62. The van der Waals surface area contributed by atoms with E-state index in [1.54, 1.807) is 0 Å². The molecule has 3 heteroatoms. The van der Waals surface area contributed by atoms with Crippen molar-refractivity contribution in [1.29, 1.82) is 0 Å². The second-order valence-electron chi connectivity index (χ2n) is 5.44. The predicted octanol–water partition coefficient (Wildman–Crippen LogP) is 0.750. The van der Waals surface area contributed by atoms with E-state index in [9.17, 15) is 0 Å². The van der Waals surface area contributed by atoms with Gasteiger partial charge >= 0.3 is 0 Å². The number of nitrogens with zero attached hydrogens (tertiary/aromatic N) is 2. The lowest BCUT2D eigenvalue weighted by Crippen LogP contribution is -2.54. The molecule has 1 rings (SSSR count). The van der Waals surface area contributed by atoms with Crippen molar-refractivity contribution in [2.45, 2.75) is 39.3 Å². The first-order valence-electron chi connectivity index (χ1n) is 5.62. The molecule has 1 aliphatic rings. The zero-order valence-electron chi connectivity index (χ0n) is 10.1. The molecule has 0 bridgehead atoms. The molecule has 0 aromatic heterocycles. The standard InChI is InChI=1S/C11H25N3/c1-10(12)9-13-5-7-14(8-6-13)11(2,3)4/h10H,5-9,12H2,1-4H3/t10-/m0/s1. The van der Waals surface area contributed by atoms with E-state index in [1.165, 1.54) is 26.2 Å². The summed E-state index contributed by atoms with van der Waals surface area (Å²) in [6.07, 6.45) is 0. The van der Waals surface area contributed by atoms with Crippen LogP contribution in [0.5, 0.6) is 0 Å². The lowest BCUT2D eigenvalue weighted by Gasteiger charge is -2.42. The van der Waals surface area contributed by atoms with Gasteiger partial charge < -0.3 is 5.73 Å². The van der Waals surface area contributed by atoms with Crippen LogP contribution in [-0.2, 0) is 0 Å². The average molecular weight is 199 g/mol. The molecule has 2 N–H and O–H groups in total. The molecule has 84 valence electrons. The molecule has 14 heavy (non-hydrogen) atoms. The molecule has 1 fully saturated rings. The number of hydrogen-bond acceptors (Lipinski definition) is 3. The van der Waals surface area contributed by atoms with Crippen LogP contribution in [0.3, 0.4) is 0 Å². The molecule has 0 amide bonds. The third-order valence-electron chi connectivity index (χ3n) is 2.87. The zero-order chi connectivity index (χ0) is 10.8. The van der Waals surface area contributed by atoms with Gasteiger partial charge in [-0.15, -0.1) is 0 Å². The summed E-state index contributed by atoms with van der Waals surface area (Å²) in [6, 6.07) is 0.302. The number of piperazine rings is 1. The van der Waals surface area contributed by atoms with Crippen molar-refractivity contribution in [2.75, 3.05) is 32.7 Å². The maximum Gasteiger partial charge on any atom is 0.0139 e. The van der Waals surface area contributed by atoms with E-state index in [4.69, 9.17) is 5.73 Å². The fraction of sp³-hybridized carbons (Fsp3) is 1.00. The highest BCUT2D eigenvalue weighted by Gasteiger charge is 2.25. The van der Waals surface area contributed by atoms with E-state index < -0.39 is 0 Å². The van der Waals surface area contributed by atoms with E-state index in [0.29, 0.717) is 11.6 Å². The highest BCUT2D eigenvalue weighted by molar-refractivity contribution is 4.82. The maximum atomic E-state index is 5.79. The summed E-state index contributed by atoms with van der Waals surface area (Å²) in [4.78, 5) is 5.01. The van der Waals surface area contributed by atoms with E-state index in [1.807, 2.05) is 0 Å². The molecular weight excluding hydrogens is 174 g/mol. The minimum Gasteiger partial charge on any atom is -0.327 e. The largest absolute Gasteiger partial charge is 0.327 e. The Balaban J connectivity index is 2.31. The van der Waals surface area contributed by atoms with E-state index >= 15 is 0 Å². The first kappa shape index (κ1) is 12.0. The van der Waals surface area contributed by atoms with Gasteiger partial charge in [0.1, 0.15) is 0 Å². The molecule has 0 saturated carbocycles. The van der Waals surface area contributed by atoms with E-state index in [2.05, 4.69) is 37.5 Å². The van der Waals surface area contributed by atoms with Crippen LogP contribution in [-0.4, -0.2) is 54.1 Å². The van der Waals surface area contributed by atoms with E-state index in [0.717, 1.165) is 6.54 Å². The maximum absolute atomic E-state index is 5.79. The Morgan fingerprint density at radius 2 is 1.64 bits per heavy atom. The monoisotopic (exact) mass is 199 g/mol. The highest BCUT2D eigenvalue weighted by atomic mass is 15.3. The van der Waals surface area contributed by atoms with Crippen molar-refractivity contribution in [3.63, 3.8) is 0 Å². The Hall–Kier alpha value is -0.120. The Labute approximate surface area is 88.2 Å². The molecule has 1 heterocycles. The summed E-state index contributed by atoms with van der Waals surface area (Å²) >= 11 is 0. The Morgan fingerprint density at radius 1 is 1.14 bits per heavy atom. The molecule has 1 aliphatic heterocycles. The first-order chi connectivity index (χ1) is 6.39. The summed E-state index contributed by atoms with van der Waals surface area (Å²) in [5.74, 6) is 0. The van der Waals surface area contributed by atoms with E-state index in [-0.39, 0.29) is 0 Å². The van der Waals surface area contributed by atoms with Crippen LogP contribution < -0.4 is 5.73 Å². The van der Waals surface area contributed by atoms with Gasteiger partial charge in [0.05, 0.1) is 0 Å². The zero-order valence-corrected chi connectivity index (χ0v) is 10.1. The average Bonchev–Trinajstić information content (AvgIpc) is 2.02. The second-order valence-corrected chi connectivity index (χ2v) is 5.44. The van der Waals surface area contributed by atoms with Crippen molar-refractivity contribution in [3.8, 4) is 0 Å². The summed E-state index contributed by atoms with van der Waals surface area (Å²) < 4.78 is 0. The SMILES string of the molecule is C[C@H](N)CN1CCN(C(C)(C)C)CC1. The van der Waals surface area contributed by atoms with Crippen LogP contribution in [0.4, 0.5) is 0 Å².